The van der Waals surface area contributed by atoms with Crippen LogP contribution in [0.1, 0.15) is 0 Å². The van der Waals surface area contributed by atoms with Crippen molar-refractivity contribution in [1.29, 1.82) is 0 Å². The average Bonchev–Trinajstić information content (AvgIpc) is 2.29. The van der Waals surface area contributed by atoms with Crippen molar-refractivity contribution in [2.75, 3.05) is 5.32 Å². The van der Waals surface area contributed by atoms with Gasteiger partial charge in [0, 0.05) is 15.6 Å². The van der Waals surface area contributed by atoms with Gasteiger partial charge in [-0.1, -0.05) is 23.2 Å². The van der Waals surface area contributed by atoms with Gasteiger partial charge in [-0.05, 0) is 42.0 Å². The maximum atomic E-state index is 13.4. The highest BCUT2D eigenvalue weighted by Gasteiger charge is 2.10. The Morgan fingerprint density at radius 3 is 2.47 bits per heavy atom. The molecule has 1 amide bonds. The van der Waals surface area contributed by atoms with E-state index in [9.17, 15) is 9.18 Å². The van der Waals surface area contributed by atoms with Crippen LogP contribution in [-0.4, -0.2) is 11.2 Å². The summed E-state index contributed by atoms with van der Waals surface area (Å²) in [6, 6.07) is 8.54. The molecule has 0 heterocycles. The second kappa shape index (κ2) is 5.47. The Balaban J connectivity index is 2.58. The Bertz CT molecular complexity index is 626. The largest absolute Gasteiger partial charge is 0.465 e. The van der Waals surface area contributed by atoms with E-state index in [-0.39, 0.29) is 5.02 Å². The van der Waals surface area contributed by atoms with Gasteiger partial charge in [-0.25, -0.2) is 9.18 Å². The van der Waals surface area contributed by atoms with Gasteiger partial charge in [-0.15, -0.1) is 0 Å². The summed E-state index contributed by atoms with van der Waals surface area (Å²) in [6.45, 7) is 0. The van der Waals surface area contributed by atoms with Crippen LogP contribution in [0, 0.1) is 5.82 Å². The van der Waals surface area contributed by atoms with Crippen molar-refractivity contribution in [3.8, 4) is 11.1 Å². The van der Waals surface area contributed by atoms with Crippen LogP contribution in [0.4, 0.5) is 14.9 Å². The quantitative estimate of drug-likeness (QED) is 0.829. The molecule has 98 valence electrons. The molecular formula is C13H8Cl2FNO2. The van der Waals surface area contributed by atoms with Gasteiger partial charge in [0.15, 0.2) is 0 Å². The third kappa shape index (κ3) is 3.36. The topological polar surface area (TPSA) is 49.3 Å². The van der Waals surface area contributed by atoms with Gasteiger partial charge in [-0.3, -0.25) is 5.32 Å². The molecule has 6 heteroatoms. The van der Waals surface area contributed by atoms with E-state index in [1.54, 1.807) is 0 Å². The second-order valence-corrected chi connectivity index (χ2v) is 4.65. The van der Waals surface area contributed by atoms with E-state index in [1.165, 1.54) is 36.4 Å². The van der Waals surface area contributed by atoms with Crippen molar-refractivity contribution in [1.82, 2.24) is 0 Å². The monoisotopic (exact) mass is 299 g/mol. The molecule has 0 fully saturated rings. The maximum absolute atomic E-state index is 13.4. The van der Waals surface area contributed by atoms with Crippen molar-refractivity contribution in [2.24, 2.45) is 0 Å². The van der Waals surface area contributed by atoms with Gasteiger partial charge >= 0.3 is 6.09 Å². The van der Waals surface area contributed by atoms with Crippen LogP contribution in [0.2, 0.25) is 10.0 Å². The van der Waals surface area contributed by atoms with Crippen LogP contribution in [-0.2, 0) is 0 Å². The van der Waals surface area contributed by atoms with E-state index in [2.05, 4.69) is 5.32 Å². The fraction of sp³-hybridized carbons (Fsp3) is 0. The highest BCUT2D eigenvalue weighted by atomic mass is 35.5. The highest BCUT2D eigenvalue weighted by Crippen LogP contribution is 2.32. The number of hydrogen-bond acceptors (Lipinski definition) is 1. The minimum atomic E-state index is -1.22. The summed E-state index contributed by atoms with van der Waals surface area (Å²) in [5.41, 5.74) is 1.20. The minimum Gasteiger partial charge on any atom is -0.465 e. The molecule has 2 rings (SSSR count). The fourth-order valence-electron chi connectivity index (χ4n) is 1.69. The molecule has 2 N–H and O–H groups in total. The molecular weight excluding hydrogens is 292 g/mol. The average molecular weight is 300 g/mol. The lowest BCUT2D eigenvalue weighted by molar-refractivity contribution is 0.210. The number of rotatable bonds is 2. The molecule has 0 bridgehead atoms. The molecule has 0 aliphatic carbocycles. The second-order valence-electron chi connectivity index (χ2n) is 3.78. The lowest BCUT2D eigenvalue weighted by atomic mass is 10.0. The van der Waals surface area contributed by atoms with E-state index in [1.807, 2.05) is 0 Å². The van der Waals surface area contributed by atoms with Gasteiger partial charge in [0.05, 0.1) is 5.69 Å². The molecule has 0 atom stereocenters. The molecule has 0 aliphatic rings. The van der Waals surface area contributed by atoms with Gasteiger partial charge in [-0.2, -0.15) is 0 Å². The highest BCUT2D eigenvalue weighted by molar-refractivity contribution is 6.31. The van der Waals surface area contributed by atoms with E-state index < -0.39 is 11.9 Å². The first-order valence-corrected chi connectivity index (χ1v) is 5.97. The summed E-state index contributed by atoms with van der Waals surface area (Å²) < 4.78 is 13.4. The number of carbonyl (C=O) groups is 1. The zero-order valence-electron chi connectivity index (χ0n) is 9.45. The van der Waals surface area contributed by atoms with Crippen LogP contribution >= 0.6 is 23.2 Å². The van der Waals surface area contributed by atoms with Crippen LogP contribution in [0.3, 0.4) is 0 Å². The molecule has 19 heavy (non-hydrogen) atoms. The molecule has 2 aromatic carbocycles. The summed E-state index contributed by atoms with van der Waals surface area (Å²) in [5.74, 6) is -0.510. The molecule has 0 saturated carbocycles. The third-order valence-corrected chi connectivity index (χ3v) is 2.85. The van der Waals surface area contributed by atoms with Crippen molar-refractivity contribution in [3.05, 3.63) is 52.3 Å². The molecule has 3 nitrogen and oxygen atoms in total. The molecule has 0 unspecified atom stereocenters. The maximum Gasteiger partial charge on any atom is 0.409 e. The van der Waals surface area contributed by atoms with Crippen molar-refractivity contribution < 1.29 is 14.3 Å². The summed E-state index contributed by atoms with van der Waals surface area (Å²) >= 11 is 11.7. The van der Waals surface area contributed by atoms with Crippen LogP contribution < -0.4 is 5.32 Å². The lowest BCUT2D eigenvalue weighted by Gasteiger charge is -2.10. The Morgan fingerprint density at radius 2 is 1.84 bits per heavy atom. The fourth-order valence-corrected chi connectivity index (χ4v) is 2.08. The predicted octanol–water partition coefficient (Wildman–Crippen LogP) is 4.89. The van der Waals surface area contributed by atoms with Crippen molar-refractivity contribution >= 4 is 35.0 Å². The lowest BCUT2D eigenvalue weighted by Crippen LogP contribution is -2.08. The van der Waals surface area contributed by atoms with Crippen LogP contribution in [0.25, 0.3) is 11.1 Å². The first-order valence-electron chi connectivity index (χ1n) is 5.21. The predicted molar refractivity (Wildman–Crippen MR) is 73.5 cm³/mol. The van der Waals surface area contributed by atoms with Crippen LogP contribution in [0.15, 0.2) is 36.4 Å². The van der Waals surface area contributed by atoms with Gasteiger partial charge in [0.25, 0.3) is 0 Å². The standard InChI is InChI=1S/C13H8Cl2FNO2/c14-8-1-2-12(17-13(18)19)11(6-8)7-3-9(15)5-10(16)4-7/h1-6,17H,(H,18,19). The van der Waals surface area contributed by atoms with Gasteiger partial charge in [0.1, 0.15) is 5.82 Å². The molecule has 0 aromatic heterocycles. The Morgan fingerprint density at radius 1 is 1.11 bits per heavy atom. The molecule has 0 saturated heterocycles. The number of hydrogen-bond donors (Lipinski definition) is 2. The minimum absolute atomic E-state index is 0.219. The SMILES string of the molecule is O=C(O)Nc1ccc(Cl)cc1-c1cc(F)cc(Cl)c1. The summed E-state index contributed by atoms with van der Waals surface area (Å²) in [4.78, 5) is 10.7. The van der Waals surface area contributed by atoms with Gasteiger partial charge < -0.3 is 5.11 Å². The first kappa shape index (κ1) is 13.6. The Kier molecular flexibility index (Phi) is 3.93. The molecule has 2 aromatic rings. The first-order chi connectivity index (χ1) is 8.95. The summed E-state index contributed by atoms with van der Waals surface area (Å²) in [6.07, 6.45) is -1.22. The number of carboxylic acid groups (broad SMARTS) is 1. The van der Waals surface area contributed by atoms with E-state index >= 15 is 0 Å². The van der Waals surface area contributed by atoms with E-state index in [0.29, 0.717) is 21.8 Å². The zero-order valence-corrected chi connectivity index (χ0v) is 11.0. The number of anilines is 1. The molecule has 0 radical (unpaired) electrons. The Hall–Kier alpha value is -1.78. The summed E-state index contributed by atoms with van der Waals surface area (Å²) in [7, 11) is 0. The zero-order chi connectivity index (χ0) is 14.0. The summed E-state index contributed by atoms with van der Waals surface area (Å²) in [5, 5.41) is 11.6. The number of benzene rings is 2. The number of nitrogens with one attached hydrogen (secondary N) is 1. The number of amides is 1. The van der Waals surface area contributed by atoms with E-state index in [4.69, 9.17) is 28.3 Å². The molecule has 0 spiro atoms. The van der Waals surface area contributed by atoms with Crippen molar-refractivity contribution in [2.45, 2.75) is 0 Å². The third-order valence-electron chi connectivity index (χ3n) is 2.40. The smallest absolute Gasteiger partial charge is 0.409 e. The Labute approximate surface area is 118 Å². The van der Waals surface area contributed by atoms with Crippen LogP contribution in [0.5, 0.6) is 0 Å². The number of halogens is 3. The molecule has 0 aliphatic heterocycles. The van der Waals surface area contributed by atoms with Gasteiger partial charge in [0.2, 0.25) is 0 Å². The van der Waals surface area contributed by atoms with Crippen molar-refractivity contribution in [3.63, 3.8) is 0 Å². The normalized spacial score (nSPS) is 10.3. The van der Waals surface area contributed by atoms with E-state index in [0.717, 1.165) is 0 Å².